The zero-order valence-electron chi connectivity index (χ0n) is 9.62. The Balaban J connectivity index is 2.38. The predicted molar refractivity (Wildman–Crippen MR) is 70.9 cm³/mol. The van der Waals surface area contributed by atoms with E-state index in [2.05, 4.69) is 10.3 Å². The largest absolute Gasteiger partial charge is 0.478 e. The number of carboxylic acids is 1. The van der Waals surface area contributed by atoms with Crippen LogP contribution in [0, 0.1) is 11.6 Å². The van der Waals surface area contributed by atoms with E-state index in [0.29, 0.717) is 6.07 Å². The molecule has 0 radical (unpaired) electrons. The lowest BCUT2D eigenvalue weighted by Crippen LogP contribution is -2.02. The summed E-state index contributed by atoms with van der Waals surface area (Å²) in [6.07, 6.45) is 1.05. The number of carbonyl (C=O) groups is 1. The minimum absolute atomic E-state index is 0.00377. The Labute approximate surface area is 122 Å². The van der Waals surface area contributed by atoms with Crippen LogP contribution in [-0.2, 0) is 0 Å². The summed E-state index contributed by atoms with van der Waals surface area (Å²) in [7, 11) is 0. The molecule has 104 valence electrons. The molecule has 20 heavy (non-hydrogen) atoms. The third-order valence-electron chi connectivity index (χ3n) is 2.34. The van der Waals surface area contributed by atoms with Crippen LogP contribution in [0.3, 0.4) is 0 Å². The summed E-state index contributed by atoms with van der Waals surface area (Å²) in [6, 6.07) is 2.72. The average molecular weight is 319 g/mol. The molecule has 8 heteroatoms. The van der Waals surface area contributed by atoms with Gasteiger partial charge in [-0.05, 0) is 12.1 Å². The molecule has 0 aliphatic carbocycles. The van der Waals surface area contributed by atoms with Gasteiger partial charge in [-0.15, -0.1) is 0 Å². The number of aromatic nitrogens is 1. The summed E-state index contributed by atoms with van der Waals surface area (Å²) in [5.41, 5.74) is -0.322. The Morgan fingerprint density at radius 1 is 1.20 bits per heavy atom. The number of nitrogens with one attached hydrogen (secondary N) is 1. The van der Waals surface area contributed by atoms with E-state index in [0.717, 1.165) is 18.3 Å². The lowest BCUT2D eigenvalue weighted by atomic mass is 10.2. The number of rotatable bonds is 3. The summed E-state index contributed by atoms with van der Waals surface area (Å²) >= 11 is 11.5. The van der Waals surface area contributed by atoms with Crippen molar-refractivity contribution in [3.63, 3.8) is 0 Å². The van der Waals surface area contributed by atoms with E-state index in [1.54, 1.807) is 0 Å². The second-order valence-electron chi connectivity index (χ2n) is 3.73. The Morgan fingerprint density at radius 2 is 1.90 bits per heavy atom. The highest BCUT2D eigenvalue weighted by Crippen LogP contribution is 2.31. The smallest absolute Gasteiger partial charge is 0.337 e. The summed E-state index contributed by atoms with van der Waals surface area (Å²) in [4.78, 5) is 14.5. The van der Waals surface area contributed by atoms with Crippen LogP contribution >= 0.6 is 23.2 Å². The van der Waals surface area contributed by atoms with Crippen LogP contribution in [-0.4, -0.2) is 16.1 Å². The first kappa shape index (κ1) is 14.5. The fourth-order valence-corrected chi connectivity index (χ4v) is 1.88. The Bertz CT molecular complexity index is 672. The van der Waals surface area contributed by atoms with Crippen molar-refractivity contribution in [1.29, 1.82) is 0 Å². The van der Waals surface area contributed by atoms with Gasteiger partial charge >= 0.3 is 5.97 Å². The van der Waals surface area contributed by atoms with Gasteiger partial charge in [0.1, 0.15) is 11.6 Å². The molecule has 0 bridgehead atoms. The number of hydrogen-bond acceptors (Lipinski definition) is 3. The highest BCUT2D eigenvalue weighted by Gasteiger charge is 2.14. The van der Waals surface area contributed by atoms with Gasteiger partial charge in [0.2, 0.25) is 0 Å². The van der Waals surface area contributed by atoms with E-state index in [1.165, 1.54) is 0 Å². The van der Waals surface area contributed by atoms with Gasteiger partial charge in [-0.25, -0.2) is 18.6 Å². The van der Waals surface area contributed by atoms with Crippen molar-refractivity contribution in [2.45, 2.75) is 0 Å². The van der Waals surface area contributed by atoms with Crippen LogP contribution in [0.25, 0.3) is 0 Å². The molecule has 1 aromatic heterocycles. The monoisotopic (exact) mass is 318 g/mol. The Hall–Kier alpha value is -1.92. The molecule has 2 aromatic rings. The van der Waals surface area contributed by atoms with Gasteiger partial charge in [0.15, 0.2) is 5.82 Å². The van der Waals surface area contributed by atoms with Crippen molar-refractivity contribution in [1.82, 2.24) is 4.98 Å². The molecule has 0 aliphatic heterocycles. The molecule has 2 N–H and O–H groups in total. The van der Waals surface area contributed by atoms with Crippen molar-refractivity contribution < 1.29 is 18.7 Å². The number of benzene rings is 1. The Kier molecular flexibility index (Phi) is 4.06. The summed E-state index contributed by atoms with van der Waals surface area (Å²) in [6.45, 7) is 0. The first-order valence-electron chi connectivity index (χ1n) is 5.19. The van der Waals surface area contributed by atoms with E-state index in [1.807, 2.05) is 0 Å². The number of nitrogens with zero attached hydrogens (tertiary/aromatic N) is 1. The average Bonchev–Trinajstić information content (AvgIpc) is 2.34. The number of carboxylic acid groups (broad SMARTS) is 1. The van der Waals surface area contributed by atoms with Gasteiger partial charge in [0, 0.05) is 12.3 Å². The molecule has 0 spiro atoms. The van der Waals surface area contributed by atoms with Crippen molar-refractivity contribution in [3.05, 3.63) is 51.6 Å². The lowest BCUT2D eigenvalue weighted by Gasteiger charge is -2.10. The fourth-order valence-electron chi connectivity index (χ4n) is 1.43. The van der Waals surface area contributed by atoms with E-state index in [-0.39, 0.29) is 27.1 Å². The molecule has 0 saturated heterocycles. The van der Waals surface area contributed by atoms with Crippen molar-refractivity contribution >= 4 is 40.7 Å². The van der Waals surface area contributed by atoms with Gasteiger partial charge < -0.3 is 10.4 Å². The highest BCUT2D eigenvalue weighted by atomic mass is 35.5. The first-order valence-corrected chi connectivity index (χ1v) is 5.94. The standard InChI is InChI=1S/C12H6Cl2F2N2O2/c13-7-2-6(15)3-9(16)10(7)18-11-8(14)1-5(4-17-11)12(19)20/h1-4H,(H,17,18)(H,19,20). The molecular formula is C12H6Cl2F2N2O2. The number of pyridine rings is 1. The highest BCUT2D eigenvalue weighted by molar-refractivity contribution is 6.34. The summed E-state index contributed by atoms with van der Waals surface area (Å²) in [5.74, 6) is -2.94. The van der Waals surface area contributed by atoms with Gasteiger partial charge in [-0.3, -0.25) is 0 Å². The van der Waals surface area contributed by atoms with Crippen LogP contribution < -0.4 is 5.32 Å². The maximum Gasteiger partial charge on any atom is 0.337 e. The van der Waals surface area contributed by atoms with Crippen molar-refractivity contribution in [3.8, 4) is 0 Å². The molecule has 1 aromatic carbocycles. The first-order chi connectivity index (χ1) is 9.38. The minimum Gasteiger partial charge on any atom is -0.478 e. The quantitative estimate of drug-likeness (QED) is 0.894. The fraction of sp³-hybridized carbons (Fsp3) is 0. The van der Waals surface area contributed by atoms with Crippen molar-refractivity contribution in [2.75, 3.05) is 5.32 Å². The lowest BCUT2D eigenvalue weighted by molar-refractivity contribution is 0.0696. The maximum absolute atomic E-state index is 13.6. The maximum atomic E-state index is 13.6. The van der Waals surface area contributed by atoms with Crippen LogP contribution in [0.2, 0.25) is 10.0 Å². The van der Waals surface area contributed by atoms with Crippen LogP contribution in [0.15, 0.2) is 24.4 Å². The van der Waals surface area contributed by atoms with Gasteiger partial charge in [0.25, 0.3) is 0 Å². The summed E-state index contributed by atoms with van der Waals surface area (Å²) in [5, 5.41) is 11.0. The number of anilines is 2. The van der Waals surface area contributed by atoms with Crippen LogP contribution in [0.1, 0.15) is 10.4 Å². The van der Waals surface area contributed by atoms with E-state index in [4.69, 9.17) is 28.3 Å². The molecule has 0 fully saturated rings. The molecular weight excluding hydrogens is 313 g/mol. The Morgan fingerprint density at radius 3 is 2.45 bits per heavy atom. The molecule has 0 atom stereocenters. The third kappa shape index (κ3) is 2.97. The normalized spacial score (nSPS) is 10.4. The van der Waals surface area contributed by atoms with E-state index >= 15 is 0 Å². The van der Waals surface area contributed by atoms with Gasteiger partial charge in [-0.1, -0.05) is 23.2 Å². The number of aromatic carboxylic acids is 1. The zero-order chi connectivity index (χ0) is 14.9. The van der Waals surface area contributed by atoms with Crippen LogP contribution in [0.5, 0.6) is 0 Å². The number of halogens is 4. The topological polar surface area (TPSA) is 62.2 Å². The predicted octanol–water partition coefficient (Wildman–Crippen LogP) is 4.11. The van der Waals surface area contributed by atoms with Gasteiger partial charge in [0.05, 0.1) is 21.3 Å². The third-order valence-corrected chi connectivity index (χ3v) is 2.92. The second-order valence-corrected chi connectivity index (χ2v) is 4.54. The van der Waals surface area contributed by atoms with Crippen LogP contribution in [0.4, 0.5) is 20.3 Å². The van der Waals surface area contributed by atoms with E-state index in [9.17, 15) is 13.6 Å². The number of hydrogen-bond donors (Lipinski definition) is 2. The second kappa shape index (κ2) is 5.60. The zero-order valence-corrected chi connectivity index (χ0v) is 11.1. The van der Waals surface area contributed by atoms with E-state index < -0.39 is 17.6 Å². The molecule has 0 saturated carbocycles. The molecule has 2 rings (SSSR count). The molecule has 0 unspecified atom stereocenters. The molecule has 1 heterocycles. The summed E-state index contributed by atoms with van der Waals surface area (Å²) < 4.78 is 26.5. The SMILES string of the molecule is O=C(O)c1cnc(Nc2c(F)cc(F)cc2Cl)c(Cl)c1. The van der Waals surface area contributed by atoms with Gasteiger partial charge in [-0.2, -0.15) is 0 Å². The molecule has 4 nitrogen and oxygen atoms in total. The molecule has 0 aliphatic rings. The minimum atomic E-state index is -1.20. The van der Waals surface area contributed by atoms with Crippen molar-refractivity contribution in [2.24, 2.45) is 0 Å². The molecule has 0 amide bonds.